The standard InChI is InChI=1S/C15H12Br2ClNO/c16-9-2-4-14-10(6-9)13(19)7-15(20-14)8-1-3-12(18)11(17)5-8/h1-6,13,15H,7,19H2. The summed E-state index contributed by atoms with van der Waals surface area (Å²) < 4.78 is 7.96. The lowest BCUT2D eigenvalue weighted by molar-refractivity contribution is 0.161. The van der Waals surface area contributed by atoms with Gasteiger partial charge in [-0.25, -0.2) is 0 Å². The predicted octanol–water partition coefficient (Wildman–Crippen LogP) is 5.39. The number of rotatable bonds is 1. The van der Waals surface area contributed by atoms with Gasteiger partial charge in [0.1, 0.15) is 11.9 Å². The van der Waals surface area contributed by atoms with Gasteiger partial charge in [0, 0.05) is 27.0 Å². The Kier molecular flexibility index (Phi) is 4.09. The molecule has 0 saturated carbocycles. The topological polar surface area (TPSA) is 35.2 Å². The van der Waals surface area contributed by atoms with Crippen LogP contribution in [0.2, 0.25) is 5.02 Å². The first-order chi connectivity index (χ1) is 9.54. The second-order valence-electron chi connectivity index (χ2n) is 4.80. The first kappa shape index (κ1) is 14.4. The zero-order chi connectivity index (χ0) is 14.3. The zero-order valence-corrected chi connectivity index (χ0v) is 14.4. The molecule has 0 spiro atoms. The minimum atomic E-state index is -0.0488. The van der Waals surface area contributed by atoms with Crippen molar-refractivity contribution in [1.29, 1.82) is 0 Å². The van der Waals surface area contributed by atoms with Crippen LogP contribution in [0.5, 0.6) is 5.75 Å². The monoisotopic (exact) mass is 415 g/mol. The summed E-state index contributed by atoms with van der Waals surface area (Å²) in [6, 6.07) is 11.7. The van der Waals surface area contributed by atoms with Gasteiger partial charge in [-0.1, -0.05) is 33.6 Å². The number of nitrogens with two attached hydrogens (primary N) is 1. The molecule has 2 aromatic carbocycles. The van der Waals surface area contributed by atoms with E-state index in [0.29, 0.717) is 5.02 Å². The Labute approximate surface area is 139 Å². The van der Waals surface area contributed by atoms with Crippen molar-refractivity contribution in [3.05, 3.63) is 61.5 Å². The van der Waals surface area contributed by atoms with Gasteiger partial charge in [-0.3, -0.25) is 0 Å². The lowest BCUT2D eigenvalue weighted by atomic mass is 9.94. The third kappa shape index (κ3) is 2.75. The molecule has 0 bridgehead atoms. The van der Waals surface area contributed by atoms with Gasteiger partial charge in [-0.05, 0) is 51.8 Å². The van der Waals surface area contributed by atoms with E-state index in [0.717, 1.165) is 32.2 Å². The average Bonchev–Trinajstić information content (AvgIpc) is 2.42. The van der Waals surface area contributed by atoms with Crippen molar-refractivity contribution in [2.75, 3.05) is 0 Å². The highest BCUT2D eigenvalue weighted by Gasteiger charge is 2.27. The van der Waals surface area contributed by atoms with Crippen LogP contribution in [0.3, 0.4) is 0 Å². The van der Waals surface area contributed by atoms with Crippen molar-refractivity contribution < 1.29 is 4.74 Å². The van der Waals surface area contributed by atoms with E-state index in [1.54, 1.807) is 0 Å². The molecule has 0 saturated heterocycles. The van der Waals surface area contributed by atoms with E-state index in [2.05, 4.69) is 31.9 Å². The van der Waals surface area contributed by atoms with Crippen molar-refractivity contribution in [3.8, 4) is 5.75 Å². The quantitative estimate of drug-likeness (QED) is 0.675. The van der Waals surface area contributed by atoms with Crippen LogP contribution >= 0.6 is 43.5 Å². The highest BCUT2D eigenvalue weighted by molar-refractivity contribution is 9.10. The Morgan fingerprint density at radius 2 is 1.95 bits per heavy atom. The van der Waals surface area contributed by atoms with Gasteiger partial charge in [0.25, 0.3) is 0 Å². The second-order valence-corrected chi connectivity index (χ2v) is 6.98. The fourth-order valence-electron chi connectivity index (χ4n) is 2.39. The lowest BCUT2D eigenvalue weighted by Crippen LogP contribution is -2.24. The molecule has 2 aromatic rings. The fraction of sp³-hybridized carbons (Fsp3) is 0.200. The Balaban J connectivity index is 1.94. The third-order valence-electron chi connectivity index (χ3n) is 3.42. The van der Waals surface area contributed by atoms with Gasteiger partial charge in [-0.2, -0.15) is 0 Å². The zero-order valence-electron chi connectivity index (χ0n) is 10.4. The molecule has 1 heterocycles. The molecule has 2 atom stereocenters. The molecular weight excluding hydrogens is 405 g/mol. The number of hydrogen-bond donors (Lipinski definition) is 1. The molecule has 3 rings (SSSR count). The van der Waals surface area contributed by atoms with E-state index in [4.69, 9.17) is 22.1 Å². The van der Waals surface area contributed by atoms with E-state index >= 15 is 0 Å². The highest BCUT2D eigenvalue weighted by atomic mass is 79.9. The van der Waals surface area contributed by atoms with Crippen molar-refractivity contribution in [3.63, 3.8) is 0 Å². The molecule has 0 fully saturated rings. The van der Waals surface area contributed by atoms with Crippen LogP contribution < -0.4 is 10.5 Å². The molecule has 1 aliphatic rings. The smallest absolute Gasteiger partial charge is 0.126 e. The maximum absolute atomic E-state index is 6.27. The van der Waals surface area contributed by atoms with Crippen LogP contribution in [-0.2, 0) is 0 Å². The maximum atomic E-state index is 6.27. The molecule has 0 aromatic heterocycles. The Morgan fingerprint density at radius 3 is 2.70 bits per heavy atom. The SMILES string of the molecule is NC1CC(c2ccc(Cl)c(Br)c2)Oc2ccc(Br)cc21. The first-order valence-electron chi connectivity index (χ1n) is 6.21. The van der Waals surface area contributed by atoms with E-state index in [1.165, 1.54) is 0 Å². The van der Waals surface area contributed by atoms with E-state index in [-0.39, 0.29) is 12.1 Å². The molecule has 0 amide bonds. The summed E-state index contributed by atoms with van der Waals surface area (Å²) in [4.78, 5) is 0. The molecule has 1 aliphatic heterocycles. The number of fused-ring (bicyclic) bond motifs is 1. The van der Waals surface area contributed by atoms with Crippen LogP contribution in [0, 0.1) is 0 Å². The molecule has 2 nitrogen and oxygen atoms in total. The normalized spacial score (nSPS) is 21.2. The maximum Gasteiger partial charge on any atom is 0.126 e. The number of hydrogen-bond acceptors (Lipinski definition) is 2. The number of halogens is 3. The van der Waals surface area contributed by atoms with Crippen molar-refractivity contribution in [2.45, 2.75) is 18.6 Å². The van der Waals surface area contributed by atoms with Gasteiger partial charge < -0.3 is 10.5 Å². The molecule has 104 valence electrons. The minimum absolute atomic E-state index is 0.0318. The van der Waals surface area contributed by atoms with Gasteiger partial charge in [0.05, 0.1) is 5.02 Å². The Morgan fingerprint density at radius 1 is 1.15 bits per heavy atom. The Hall–Kier alpha value is -0.550. The molecule has 2 unspecified atom stereocenters. The largest absolute Gasteiger partial charge is 0.485 e. The highest BCUT2D eigenvalue weighted by Crippen LogP contribution is 2.41. The van der Waals surface area contributed by atoms with Crippen LogP contribution in [-0.4, -0.2) is 0 Å². The summed E-state index contributed by atoms with van der Waals surface area (Å²) in [5, 5.41) is 0.693. The first-order valence-corrected chi connectivity index (χ1v) is 8.17. The van der Waals surface area contributed by atoms with Crippen LogP contribution in [0.4, 0.5) is 0 Å². The summed E-state index contributed by atoms with van der Waals surface area (Å²) in [5.74, 6) is 0.850. The summed E-state index contributed by atoms with van der Waals surface area (Å²) in [6.07, 6.45) is 0.699. The molecule has 2 N–H and O–H groups in total. The van der Waals surface area contributed by atoms with Crippen molar-refractivity contribution >= 4 is 43.5 Å². The van der Waals surface area contributed by atoms with Gasteiger partial charge in [0.15, 0.2) is 0 Å². The van der Waals surface area contributed by atoms with E-state index in [1.807, 2.05) is 36.4 Å². The van der Waals surface area contributed by atoms with Gasteiger partial charge in [0.2, 0.25) is 0 Å². The van der Waals surface area contributed by atoms with Crippen molar-refractivity contribution in [1.82, 2.24) is 0 Å². The molecular formula is C15H12Br2ClNO. The average molecular weight is 418 g/mol. The van der Waals surface area contributed by atoms with Crippen molar-refractivity contribution in [2.24, 2.45) is 5.73 Å². The fourth-order valence-corrected chi connectivity index (χ4v) is 3.29. The third-order valence-corrected chi connectivity index (χ3v) is 5.13. The number of ether oxygens (including phenoxy) is 1. The summed E-state index contributed by atoms with van der Waals surface area (Å²) in [6.45, 7) is 0. The van der Waals surface area contributed by atoms with E-state index < -0.39 is 0 Å². The predicted molar refractivity (Wildman–Crippen MR) is 88.2 cm³/mol. The molecule has 0 radical (unpaired) electrons. The minimum Gasteiger partial charge on any atom is -0.485 e. The lowest BCUT2D eigenvalue weighted by Gasteiger charge is -2.31. The summed E-state index contributed by atoms with van der Waals surface area (Å²) in [5.41, 5.74) is 8.39. The molecule has 5 heteroatoms. The summed E-state index contributed by atoms with van der Waals surface area (Å²) >= 11 is 12.9. The molecule has 20 heavy (non-hydrogen) atoms. The Bertz CT molecular complexity index is 662. The summed E-state index contributed by atoms with van der Waals surface area (Å²) in [7, 11) is 0. The molecule has 0 aliphatic carbocycles. The second kappa shape index (κ2) is 5.68. The van der Waals surface area contributed by atoms with E-state index in [9.17, 15) is 0 Å². The van der Waals surface area contributed by atoms with Crippen LogP contribution in [0.25, 0.3) is 0 Å². The van der Waals surface area contributed by atoms with Gasteiger partial charge in [-0.15, -0.1) is 0 Å². The number of benzene rings is 2. The van der Waals surface area contributed by atoms with Gasteiger partial charge >= 0.3 is 0 Å². The van der Waals surface area contributed by atoms with Crippen LogP contribution in [0.15, 0.2) is 45.3 Å². The van der Waals surface area contributed by atoms with Crippen LogP contribution in [0.1, 0.15) is 29.7 Å².